The monoisotopic (exact) mass is 296 g/mol. The molecule has 0 aliphatic carbocycles. The summed E-state index contributed by atoms with van der Waals surface area (Å²) in [5, 5.41) is 0. The standard InChI is InChI=1S/C10H9BrN4O2/c1-16-9-13-8(12)14-10(15-9)17-7-5-3-2-4-6(7)11/h2-5H,1H3,(H2,12,13,14,15). The van der Waals surface area contributed by atoms with Gasteiger partial charge in [-0.05, 0) is 28.1 Å². The lowest BCUT2D eigenvalue weighted by atomic mass is 10.3. The molecule has 17 heavy (non-hydrogen) atoms. The zero-order valence-electron chi connectivity index (χ0n) is 8.92. The Morgan fingerprint density at radius 1 is 1.12 bits per heavy atom. The molecule has 0 saturated carbocycles. The number of hydrogen-bond acceptors (Lipinski definition) is 6. The highest BCUT2D eigenvalue weighted by atomic mass is 79.9. The number of benzene rings is 1. The third-order valence-electron chi connectivity index (χ3n) is 1.83. The number of methoxy groups -OCH3 is 1. The van der Waals surface area contributed by atoms with Gasteiger partial charge in [-0.15, -0.1) is 4.98 Å². The van der Waals surface area contributed by atoms with Gasteiger partial charge in [-0.3, -0.25) is 0 Å². The summed E-state index contributed by atoms with van der Waals surface area (Å²) in [4.78, 5) is 11.5. The minimum Gasteiger partial charge on any atom is -0.467 e. The van der Waals surface area contributed by atoms with E-state index in [9.17, 15) is 0 Å². The van der Waals surface area contributed by atoms with Crippen LogP contribution in [0.4, 0.5) is 5.95 Å². The van der Waals surface area contributed by atoms with Crippen molar-refractivity contribution in [3.8, 4) is 17.8 Å². The summed E-state index contributed by atoms with van der Waals surface area (Å²) in [6, 6.07) is 7.52. The van der Waals surface area contributed by atoms with E-state index in [1.54, 1.807) is 6.07 Å². The van der Waals surface area contributed by atoms with Crippen LogP contribution in [0.1, 0.15) is 0 Å². The third kappa shape index (κ3) is 2.82. The second-order valence-electron chi connectivity index (χ2n) is 3.00. The van der Waals surface area contributed by atoms with Gasteiger partial charge in [0.1, 0.15) is 5.75 Å². The molecule has 2 aromatic rings. The molecule has 0 unspecified atom stereocenters. The summed E-state index contributed by atoms with van der Waals surface area (Å²) in [5.74, 6) is 0.624. The van der Waals surface area contributed by atoms with E-state index in [4.69, 9.17) is 15.2 Å². The molecule has 0 aliphatic heterocycles. The van der Waals surface area contributed by atoms with Crippen LogP contribution in [-0.4, -0.2) is 22.1 Å². The van der Waals surface area contributed by atoms with Crippen molar-refractivity contribution in [1.82, 2.24) is 15.0 Å². The molecule has 0 amide bonds. The molecule has 0 radical (unpaired) electrons. The van der Waals surface area contributed by atoms with Gasteiger partial charge in [-0.1, -0.05) is 12.1 Å². The van der Waals surface area contributed by atoms with Crippen LogP contribution >= 0.6 is 15.9 Å². The number of halogens is 1. The van der Waals surface area contributed by atoms with Crippen molar-refractivity contribution in [2.24, 2.45) is 0 Å². The number of rotatable bonds is 3. The number of nitrogens with zero attached hydrogens (tertiary/aromatic N) is 3. The Kier molecular flexibility index (Phi) is 3.38. The Labute approximate surface area is 106 Å². The van der Waals surface area contributed by atoms with Gasteiger partial charge in [0.25, 0.3) is 0 Å². The summed E-state index contributed by atoms with van der Waals surface area (Å²) in [6.07, 6.45) is 0. The van der Waals surface area contributed by atoms with Crippen molar-refractivity contribution in [2.45, 2.75) is 0 Å². The van der Waals surface area contributed by atoms with Gasteiger partial charge in [0.2, 0.25) is 5.95 Å². The molecule has 88 valence electrons. The number of nitrogens with two attached hydrogens (primary N) is 1. The molecule has 0 aliphatic rings. The molecule has 1 aromatic carbocycles. The SMILES string of the molecule is COc1nc(N)nc(Oc2ccccc2Br)n1. The van der Waals surface area contributed by atoms with E-state index in [1.165, 1.54) is 7.11 Å². The largest absolute Gasteiger partial charge is 0.467 e. The zero-order chi connectivity index (χ0) is 12.3. The first-order chi connectivity index (χ1) is 8.19. The molecule has 0 bridgehead atoms. The average molecular weight is 297 g/mol. The fraction of sp³-hybridized carbons (Fsp3) is 0.100. The van der Waals surface area contributed by atoms with E-state index in [2.05, 4.69) is 30.9 Å². The summed E-state index contributed by atoms with van der Waals surface area (Å²) >= 11 is 3.35. The molecule has 1 aromatic heterocycles. The van der Waals surface area contributed by atoms with Gasteiger partial charge in [0.05, 0.1) is 11.6 Å². The van der Waals surface area contributed by atoms with E-state index in [0.717, 1.165) is 4.47 Å². The molecule has 1 heterocycles. The quantitative estimate of drug-likeness (QED) is 0.933. The normalized spacial score (nSPS) is 10.0. The van der Waals surface area contributed by atoms with Crippen LogP contribution in [0.2, 0.25) is 0 Å². The molecule has 0 atom stereocenters. The van der Waals surface area contributed by atoms with Gasteiger partial charge < -0.3 is 15.2 Å². The maximum atomic E-state index is 5.49. The Balaban J connectivity index is 2.30. The molecular weight excluding hydrogens is 288 g/mol. The van der Waals surface area contributed by atoms with Crippen LogP contribution in [0.25, 0.3) is 0 Å². The molecule has 0 saturated heterocycles. The minimum atomic E-state index is 0.0407. The first-order valence-electron chi connectivity index (χ1n) is 4.67. The average Bonchev–Trinajstić information content (AvgIpc) is 2.31. The second kappa shape index (κ2) is 4.96. The van der Waals surface area contributed by atoms with Crippen LogP contribution in [0.5, 0.6) is 17.8 Å². The lowest BCUT2D eigenvalue weighted by molar-refractivity contribution is 0.360. The highest BCUT2D eigenvalue weighted by Gasteiger charge is 2.08. The maximum absolute atomic E-state index is 5.49. The number of aromatic nitrogens is 3. The maximum Gasteiger partial charge on any atom is 0.330 e. The van der Waals surface area contributed by atoms with E-state index in [1.807, 2.05) is 18.2 Å². The molecular formula is C10H9BrN4O2. The molecule has 7 heteroatoms. The van der Waals surface area contributed by atoms with Gasteiger partial charge in [-0.2, -0.15) is 9.97 Å². The Bertz CT molecular complexity index is 535. The van der Waals surface area contributed by atoms with Crippen LogP contribution in [-0.2, 0) is 0 Å². The fourth-order valence-corrected chi connectivity index (χ4v) is 1.48. The smallest absolute Gasteiger partial charge is 0.330 e. The zero-order valence-corrected chi connectivity index (χ0v) is 10.5. The number of para-hydroxylation sites is 1. The first-order valence-corrected chi connectivity index (χ1v) is 5.46. The Hall–Kier alpha value is -1.89. The predicted octanol–water partition coefficient (Wildman–Crippen LogP) is 2.02. The minimum absolute atomic E-state index is 0.0407. The van der Waals surface area contributed by atoms with E-state index < -0.39 is 0 Å². The summed E-state index contributed by atoms with van der Waals surface area (Å²) in [5.41, 5.74) is 5.49. The van der Waals surface area contributed by atoms with Crippen molar-refractivity contribution in [3.63, 3.8) is 0 Å². The topological polar surface area (TPSA) is 83.2 Å². The highest BCUT2D eigenvalue weighted by Crippen LogP contribution is 2.27. The molecule has 6 nitrogen and oxygen atoms in total. The van der Waals surface area contributed by atoms with Gasteiger partial charge >= 0.3 is 12.0 Å². The Morgan fingerprint density at radius 3 is 2.53 bits per heavy atom. The van der Waals surface area contributed by atoms with Crippen LogP contribution in [0.15, 0.2) is 28.7 Å². The van der Waals surface area contributed by atoms with Gasteiger partial charge in [0, 0.05) is 0 Å². The third-order valence-corrected chi connectivity index (χ3v) is 2.49. The summed E-state index contributed by atoms with van der Waals surface area (Å²) in [6.45, 7) is 0. The van der Waals surface area contributed by atoms with E-state index in [0.29, 0.717) is 5.75 Å². The van der Waals surface area contributed by atoms with Gasteiger partial charge in [0.15, 0.2) is 0 Å². The highest BCUT2D eigenvalue weighted by molar-refractivity contribution is 9.10. The molecule has 0 fully saturated rings. The summed E-state index contributed by atoms with van der Waals surface area (Å²) in [7, 11) is 1.44. The van der Waals surface area contributed by atoms with Crippen molar-refractivity contribution in [2.75, 3.05) is 12.8 Å². The number of ether oxygens (including phenoxy) is 2. The lowest BCUT2D eigenvalue weighted by Gasteiger charge is -2.06. The lowest BCUT2D eigenvalue weighted by Crippen LogP contribution is -2.02. The van der Waals surface area contributed by atoms with Crippen LogP contribution < -0.4 is 15.2 Å². The predicted molar refractivity (Wildman–Crippen MR) is 65.0 cm³/mol. The molecule has 0 spiro atoms. The van der Waals surface area contributed by atoms with Crippen molar-refractivity contribution in [1.29, 1.82) is 0 Å². The van der Waals surface area contributed by atoms with Crippen molar-refractivity contribution >= 4 is 21.9 Å². The van der Waals surface area contributed by atoms with Crippen molar-refractivity contribution in [3.05, 3.63) is 28.7 Å². The van der Waals surface area contributed by atoms with Crippen molar-refractivity contribution < 1.29 is 9.47 Å². The molecule has 2 rings (SSSR count). The number of nitrogen functional groups attached to an aromatic ring is 1. The number of hydrogen-bond donors (Lipinski definition) is 1. The van der Waals surface area contributed by atoms with Crippen LogP contribution in [0.3, 0.4) is 0 Å². The fourth-order valence-electron chi connectivity index (χ4n) is 1.12. The Morgan fingerprint density at radius 2 is 1.82 bits per heavy atom. The summed E-state index contributed by atoms with van der Waals surface area (Å²) < 4.78 is 11.1. The number of anilines is 1. The van der Waals surface area contributed by atoms with E-state index in [-0.39, 0.29) is 18.0 Å². The first kappa shape index (κ1) is 11.6. The second-order valence-corrected chi connectivity index (χ2v) is 3.85. The van der Waals surface area contributed by atoms with E-state index >= 15 is 0 Å². The van der Waals surface area contributed by atoms with Gasteiger partial charge in [-0.25, -0.2) is 0 Å². The van der Waals surface area contributed by atoms with Crippen LogP contribution in [0, 0.1) is 0 Å². The molecule has 2 N–H and O–H groups in total.